The smallest absolute Gasteiger partial charge is 0.161 e. The number of nitrogens with zero attached hydrogens (tertiary/aromatic N) is 2. The molecule has 21 heavy (non-hydrogen) atoms. The lowest BCUT2D eigenvalue weighted by atomic mass is 10.1. The van der Waals surface area contributed by atoms with Gasteiger partial charge in [-0.15, -0.1) is 0 Å². The Labute approximate surface area is 128 Å². The van der Waals surface area contributed by atoms with Gasteiger partial charge in [0, 0.05) is 12.1 Å². The minimum absolute atomic E-state index is 0.479. The topological polar surface area (TPSA) is 56.3 Å². The van der Waals surface area contributed by atoms with Gasteiger partial charge in [-0.25, -0.2) is 9.97 Å². The van der Waals surface area contributed by atoms with E-state index >= 15 is 0 Å². The molecule has 110 valence electrons. The molecule has 0 atom stereocenters. The van der Waals surface area contributed by atoms with Gasteiger partial charge in [-0.3, -0.25) is 0 Å². The van der Waals surface area contributed by atoms with Crippen molar-refractivity contribution in [2.45, 2.75) is 13.3 Å². The van der Waals surface area contributed by atoms with Crippen LogP contribution in [0.15, 0.2) is 24.5 Å². The van der Waals surface area contributed by atoms with Crippen molar-refractivity contribution in [3.8, 4) is 11.5 Å². The number of benzene rings is 1. The van der Waals surface area contributed by atoms with Crippen LogP contribution in [0, 0.1) is 6.92 Å². The Hall–Kier alpha value is -2.01. The van der Waals surface area contributed by atoms with Crippen molar-refractivity contribution >= 4 is 17.4 Å². The monoisotopic (exact) mass is 305 g/mol. The molecule has 0 spiro atoms. The molecule has 0 amide bonds. The van der Waals surface area contributed by atoms with E-state index in [0.29, 0.717) is 18.4 Å². The van der Waals surface area contributed by atoms with Crippen molar-refractivity contribution in [1.29, 1.82) is 0 Å². The maximum absolute atomic E-state index is 5.97. The van der Waals surface area contributed by atoms with Gasteiger partial charge in [0.25, 0.3) is 0 Å². The van der Waals surface area contributed by atoms with Crippen molar-refractivity contribution in [2.24, 2.45) is 0 Å². The van der Waals surface area contributed by atoms with E-state index in [1.165, 1.54) is 11.9 Å². The van der Waals surface area contributed by atoms with Crippen LogP contribution < -0.4 is 14.8 Å². The van der Waals surface area contributed by atoms with E-state index in [1.807, 2.05) is 19.1 Å². The number of hydrogen-bond acceptors (Lipinski definition) is 5. The minimum atomic E-state index is 0.479. The van der Waals surface area contributed by atoms with E-state index < -0.39 is 0 Å². The van der Waals surface area contributed by atoms with Gasteiger partial charge < -0.3 is 14.8 Å². The highest BCUT2D eigenvalue weighted by molar-refractivity contribution is 6.30. The fourth-order valence-corrected chi connectivity index (χ4v) is 2.31. The molecule has 2 heterocycles. The molecule has 2 aromatic rings. The van der Waals surface area contributed by atoms with Crippen LogP contribution in [0.2, 0.25) is 5.15 Å². The third-order valence-electron chi connectivity index (χ3n) is 3.34. The number of nitrogens with one attached hydrogen (secondary N) is 1. The normalized spacial score (nSPS) is 13.0. The molecule has 1 aliphatic heterocycles. The Bertz CT molecular complexity index is 649. The van der Waals surface area contributed by atoms with E-state index in [-0.39, 0.29) is 0 Å². The fourth-order valence-electron chi connectivity index (χ4n) is 2.18. The fraction of sp³-hybridized carbons (Fsp3) is 0.333. The first-order valence-electron chi connectivity index (χ1n) is 6.83. The van der Waals surface area contributed by atoms with Crippen molar-refractivity contribution in [1.82, 2.24) is 9.97 Å². The van der Waals surface area contributed by atoms with Gasteiger partial charge in [0.05, 0.1) is 0 Å². The Morgan fingerprint density at radius 2 is 2.00 bits per heavy atom. The molecule has 5 nitrogen and oxygen atoms in total. The van der Waals surface area contributed by atoms with Crippen LogP contribution in [-0.4, -0.2) is 29.7 Å². The second-order valence-corrected chi connectivity index (χ2v) is 5.15. The van der Waals surface area contributed by atoms with E-state index in [0.717, 1.165) is 35.8 Å². The second-order valence-electron chi connectivity index (χ2n) is 4.79. The highest BCUT2D eigenvalue weighted by atomic mass is 35.5. The van der Waals surface area contributed by atoms with Crippen LogP contribution in [0.5, 0.6) is 11.5 Å². The number of halogens is 1. The molecule has 1 N–H and O–H groups in total. The molecule has 1 aromatic carbocycles. The summed E-state index contributed by atoms with van der Waals surface area (Å²) in [4.78, 5) is 8.13. The summed E-state index contributed by atoms with van der Waals surface area (Å²) in [6.45, 7) is 3.87. The highest BCUT2D eigenvalue weighted by Crippen LogP contribution is 2.30. The van der Waals surface area contributed by atoms with E-state index in [4.69, 9.17) is 21.1 Å². The molecule has 6 heteroatoms. The number of anilines is 1. The molecule has 0 bridgehead atoms. The van der Waals surface area contributed by atoms with Crippen LogP contribution >= 0.6 is 11.6 Å². The first kappa shape index (κ1) is 13.9. The van der Waals surface area contributed by atoms with Crippen LogP contribution in [0.3, 0.4) is 0 Å². The van der Waals surface area contributed by atoms with Crippen LogP contribution in [0.4, 0.5) is 5.82 Å². The van der Waals surface area contributed by atoms with Gasteiger partial charge in [0.1, 0.15) is 30.5 Å². The summed E-state index contributed by atoms with van der Waals surface area (Å²) >= 11 is 5.97. The summed E-state index contributed by atoms with van der Waals surface area (Å²) in [5, 5.41) is 3.75. The average Bonchev–Trinajstić information content (AvgIpc) is 2.51. The molecule has 0 unspecified atom stereocenters. The van der Waals surface area contributed by atoms with Crippen molar-refractivity contribution in [3.63, 3.8) is 0 Å². The molecule has 1 aliphatic rings. The number of ether oxygens (including phenoxy) is 2. The molecular formula is C15H16ClN3O2. The lowest BCUT2D eigenvalue weighted by Gasteiger charge is -2.19. The Balaban J connectivity index is 1.61. The molecule has 1 aromatic heterocycles. The first-order valence-corrected chi connectivity index (χ1v) is 7.21. The standard InChI is InChI=1S/C15H16ClN3O2/c1-10-14(16)18-9-19-15(10)17-5-4-11-2-3-12-13(8-11)21-7-6-20-12/h2-3,8-9H,4-7H2,1H3,(H,17,18,19). The predicted molar refractivity (Wildman–Crippen MR) is 81.4 cm³/mol. The minimum Gasteiger partial charge on any atom is -0.486 e. The molecule has 0 fully saturated rings. The summed E-state index contributed by atoms with van der Waals surface area (Å²) in [7, 11) is 0. The van der Waals surface area contributed by atoms with Crippen LogP contribution in [-0.2, 0) is 6.42 Å². The lowest BCUT2D eigenvalue weighted by molar-refractivity contribution is 0.171. The van der Waals surface area contributed by atoms with E-state index in [9.17, 15) is 0 Å². The van der Waals surface area contributed by atoms with Crippen molar-refractivity contribution in [2.75, 3.05) is 25.1 Å². The molecular weight excluding hydrogens is 290 g/mol. The SMILES string of the molecule is Cc1c(Cl)ncnc1NCCc1ccc2c(c1)OCCO2. The predicted octanol–water partition coefficient (Wildman–Crippen LogP) is 2.86. The van der Waals surface area contributed by atoms with Crippen LogP contribution in [0.25, 0.3) is 0 Å². The Morgan fingerprint density at radius 3 is 2.86 bits per heavy atom. The van der Waals surface area contributed by atoms with Crippen molar-refractivity contribution < 1.29 is 9.47 Å². The summed E-state index contributed by atoms with van der Waals surface area (Å²) in [5.74, 6) is 2.41. The third-order valence-corrected chi connectivity index (χ3v) is 3.72. The van der Waals surface area contributed by atoms with E-state index in [2.05, 4.69) is 21.4 Å². The molecule has 0 radical (unpaired) electrons. The quantitative estimate of drug-likeness (QED) is 0.880. The van der Waals surface area contributed by atoms with Gasteiger partial charge in [-0.2, -0.15) is 0 Å². The summed E-state index contributed by atoms with van der Waals surface area (Å²) in [6, 6.07) is 6.03. The molecule has 0 saturated heterocycles. The van der Waals surface area contributed by atoms with Crippen molar-refractivity contribution in [3.05, 3.63) is 40.8 Å². The Kier molecular flexibility index (Phi) is 4.10. The zero-order valence-electron chi connectivity index (χ0n) is 11.7. The number of aromatic nitrogens is 2. The number of rotatable bonds is 4. The number of fused-ring (bicyclic) bond motifs is 1. The summed E-state index contributed by atoms with van der Waals surface area (Å²) in [5.41, 5.74) is 2.05. The Morgan fingerprint density at radius 1 is 1.19 bits per heavy atom. The van der Waals surface area contributed by atoms with Gasteiger partial charge in [0.15, 0.2) is 11.5 Å². The number of hydrogen-bond donors (Lipinski definition) is 1. The zero-order chi connectivity index (χ0) is 14.7. The van der Waals surface area contributed by atoms with Gasteiger partial charge in [-0.1, -0.05) is 17.7 Å². The van der Waals surface area contributed by atoms with Crippen LogP contribution in [0.1, 0.15) is 11.1 Å². The third kappa shape index (κ3) is 3.19. The second kappa shape index (κ2) is 6.18. The van der Waals surface area contributed by atoms with E-state index in [1.54, 1.807) is 0 Å². The molecule has 0 aliphatic carbocycles. The van der Waals surface area contributed by atoms with Gasteiger partial charge in [-0.05, 0) is 31.0 Å². The summed E-state index contributed by atoms with van der Waals surface area (Å²) in [6.07, 6.45) is 2.32. The lowest BCUT2D eigenvalue weighted by Crippen LogP contribution is -2.15. The zero-order valence-corrected chi connectivity index (χ0v) is 12.5. The molecule has 3 rings (SSSR count). The maximum Gasteiger partial charge on any atom is 0.161 e. The first-order chi connectivity index (χ1) is 10.2. The highest BCUT2D eigenvalue weighted by Gasteiger charge is 2.11. The molecule has 0 saturated carbocycles. The summed E-state index contributed by atoms with van der Waals surface area (Å²) < 4.78 is 11.1. The largest absolute Gasteiger partial charge is 0.486 e. The maximum atomic E-state index is 5.97. The van der Waals surface area contributed by atoms with Gasteiger partial charge in [0.2, 0.25) is 0 Å². The average molecular weight is 306 g/mol. The van der Waals surface area contributed by atoms with Gasteiger partial charge >= 0.3 is 0 Å².